The summed E-state index contributed by atoms with van der Waals surface area (Å²) in [5, 5.41) is 5.00. The Balaban J connectivity index is 1.39. The Hall–Kier alpha value is -2.89. The van der Waals surface area contributed by atoms with Gasteiger partial charge < -0.3 is 14.2 Å². The Kier molecular flexibility index (Phi) is 4.32. The molecule has 1 amide bonds. The van der Waals surface area contributed by atoms with Crippen molar-refractivity contribution in [2.45, 2.75) is 32.8 Å². The molecule has 3 aromatic rings. The number of pyridine rings is 1. The molecule has 6 heteroatoms. The quantitative estimate of drug-likeness (QED) is 0.723. The highest BCUT2D eigenvalue weighted by Crippen LogP contribution is 2.21. The summed E-state index contributed by atoms with van der Waals surface area (Å²) in [5.41, 5.74) is 2.58. The van der Waals surface area contributed by atoms with Gasteiger partial charge >= 0.3 is 0 Å². The Morgan fingerprint density at radius 3 is 2.92 bits per heavy atom. The van der Waals surface area contributed by atoms with Crippen LogP contribution in [0.25, 0.3) is 10.9 Å². The molecule has 1 aromatic carbocycles. The molecule has 6 nitrogen and oxygen atoms in total. The molecule has 0 N–H and O–H groups in total. The van der Waals surface area contributed by atoms with Gasteiger partial charge in [-0.3, -0.25) is 4.79 Å². The maximum absolute atomic E-state index is 12.6. The molecule has 0 saturated carbocycles. The molecule has 1 atom stereocenters. The van der Waals surface area contributed by atoms with E-state index in [2.05, 4.69) is 10.1 Å². The molecule has 1 aliphatic rings. The summed E-state index contributed by atoms with van der Waals surface area (Å²) >= 11 is 0. The van der Waals surface area contributed by atoms with E-state index in [4.69, 9.17) is 9.26 Å². The maximum atomic E-state index is 12.6. The van der Waals surface area contributed by atoms with E-state index in [-0.39, 0.29) is 12.0 Å². The number of amides is 1. The van der Waals surface area contributed by atoms with Crippen molar-refractivity contribution in [2.75, 3.05) is 13.1 Å². The van der Waals surface area contributed by atoms with Gasteiger partial charge in [0.05, 0.1) is 24.2 Å². The summed E-state index contributed by atoms with van der Waals surface area (Å²) in [7, 11) is 0. The number of hydrogen-bond donors (Lipinski definition) is 0. The van der Waals surface area contributed by atoms with E-state index < -0.39 is 0 Å². The van der Waals surface area contributed by atoms with Gasteiger partial charge in [-0.15, -0.1) is 0 Å². The van der Waals surface area contributed by atoms with Crippen molar-refractivity contribution < 1.29 is 14.1 Å². The molecule has 3 heterocycles. The molecule has 134 valence electrons. The van der Waals surface area contributed by atoms with E-state index in [0.29, 0.717) is 31.2 Å². The number of benzene rings is 1. The summed E-state index contributed by atoms with van der Waals surface area (Å²) in [6.07, 6.45) is 1.10. The summed E-state index contributed by atoms with van der Waals surface area (Å²) < 4.78 is 11.2. The Bertz CT molecular complexity index is 931. The van der Waals surface area contributed by atoms with Crippen molar-refractivity contribution in [1.82, 2.24) is 15.0 Å². The van der Waals surface area contributed by atoms with Crippen molar-refractivity contribution in [2.24, 2.45) is 0 Å². The summed E-state index contributed by atoms with van der Waals surface area (Å²) in [6.45, 7) is 4.97. The molecule has 4 rings (SSSR count). The molecular formula is C20H21N3O3. The minimum atomic E-state index is -0.0303. The van der Waals surface area contributed by atoms with Crippen molar-refractivity contribution in [3.63, 3.8) is 0 Å². The lowest BCUT2D eigenvalue weighted by Crippen LogP contribution is -2.32. The van der Waals surface area contributed by atoms with Crippen molar-refractivity contribution in [1.29, 1.82) is 0 Å². The normalized spacial score (nSPS) is 17.0. The zero-order chi connectivity index (χ0) is 18.1. The predicted octanol–water partition coefficient (Wildman–Crippen LogP) is 3.06. The molecule has 0 aliphatic carbocycles. The Morgan fingerprint density at radius 2 is 2.12 bits per heavy atom. The molecule has 26 heavy (non-hydrogen) atoms. The van der Waals surface area contributed by atoms with Gasteiger partial charge in [-0.2, -0.15) is 0 Å². The monoisotopic (exact) mass is 351 g/mol. The third-order valence-electron chi connectivity index (χ3n) is 4.87. The lowest BCUT2D eigenvalue weighted by Gasteiger charge is -2.17. The third-order valence-corrected chi connectivity index (χ3v) is 4.87. The van der Waals surface area contributed by atoms with E-state index in [1.165, 1.54) is 0 Å². The molecule has 1 unspecified atom stereocenters. The summed E-state index contributed by atoms with van der Waals surface area (Å²) in [5.74, 6) is 1.40. The number of aromatic nitrogens is 2. The highest BCUT2D eigenvalue weighted by Gasteiger charge is 2.29. The van der Waals surface area contributed by atoms with Crippen LogP contribution in [0.1, 0.15) is 23.4 Å². The lowest BCUT2D eigenvalue weighted by molar-refractivity contribution is -0.129. The van der Waals surface area contributed by atoms with E-state index >= 15 is 0 Å². The highest BCUT2D eigenvalue weighted by atomic mass is 16.5. The zero-order valence-corrected chi connectivity index (χ0v) is 14.9. The van der Waals surface area contributed by atoms with E-state index in [0.717, 1.165) is 28.6 Å². The minimum absolute atomic E-state index is 0.0303. The van der Waals surface area contributed by atoms with Gasteiger partial charge in [0.25, 0.3) is 0 Å². The number of hydrogen-bond acceptors (Lipinski definition) is 5. The highest BCUT2D eigenvalue weighted by molar-refractivity contribution is 5.80. The van der Waals surface area contributed by atoms with Crippen LogP contribution >= 0.6 is 0 Å². The van der Waals surface area contributed by atoms with Crippen LogP contribution in [-0.4, -0.2) is 40.1 Å². The van der Waals surface area contributed by atoms with Gasteiger partial charge in [0.2, 0.25) is 11.8 Å². The van der Waals surface area contributed by atoms with Gasteiger partial charge in [0.15, 0.2) is 0 Å². The van der Waals surface area contributed by atoms with Crippen molar-refractivity contribution in [3.05, 3.63) is 53.4 Å². The average Bonchev–Trinajstić information content (AvgIpc) is 3.23. The van der Waals surface area contributed by atoms with Gasteiger partial charge in [-0.05, 0) is 26.0 Å². The fourth-order valence-corrected chi connectivity index (χ4v) is 3.35. The van der Waals surface area contributed by atoms with Crippen LogP contribution < -0.4 is 4.74 Å². The molecule has 0 spiro atoms. The summed E-state index contributed by atoms with van der Waals surface area (Å²) in [6, 6.07) is 11.8. The SMILES string of the molecule is Cc1noc(C)c1CC(=O)N1CCC(Oc2ccc3ccccc3n2)C1. The first-order chi connectivity index (χ1) is 12.6. The Morgan fingerprint density at radius 1 is 1.27 bits per heavy atom. The number of aryl methyl sites for hydroxylation is 2. The number of carbonyl (C=O) groups is 1. The molecule has 0 bridgehead atoms. The molecule has 0 radical (unpaired) electrons. The zero-order valence-electron chi connectivity index (χ0n) is 14.9. The first-order valence-corrected chi connectivity index (χ1v) is 8.82. The van der Waals surface area contributed by atoms with E-state index in [1.807, 2.05) is 55.1 Å². The first kappa shape index (κ1) is 16.6. The molecule has 1 aliphatic heterocycles. The lowest BCUT2D eigenvalue weighted by atomic mass is 10.1. The molecule has 2 aromatic heterocycles. The number of rotatable bonds is 4. The van der Waals surface area contributed by atoms with Crippen LogP contribution in [0.5, 0.6) is 5.88 Å². The van der Waals surface area contributed by atoms with Crippen LogP contribution in [0.4, 0.5) is 0 Å². The molecule has 1 fully saturated rings. The fraction of sp³-hybridized carbons (Fsp3) is 0.350. The second-order valence-corrected chi connectivity index (χ2v) is 6.69. The van der Waals surface area contributed by atoms with E-state index in [9.17, 15) is 4.79 Å². The van der Waals surface area contributed by atoms with Crippen LogP contribution in [0, 0.1) is 13.8 Å². The number of likely N-dealkylation sites (tertiary alicyclic amines) is 1. The van der Waals surface area contributed by atoms with Crippen molar-refractivity contribution in [3.8, 4) is 5.88 Å². The number of nitrogens with zero attached hydrogens (tertiary/aromatic N) is 3. The smallest absolute Gasteiger partial charge is 0.227 e. The number of ether oxygens (including phenoxy) is 1. The second kappa shape index (κ2) is 6.78. The first-order valence-electron chi connectivity index (χ1n) is 8.82. The molecular weight excluding hydrogens is 330 g/mol. The standard InChI is InChI=1S/C20H21N3O3/c1-13-17(14(2)26-22-13)11-20(24)23-10-9-16(12-23)25-19-8-7-15-5-3-4-6-18(15)21-19/h3-8,16H,9-12H2,1-2H3. The number of para-hydroxylation sites is 1. The van der Waals surface area contributed by atoms with Gasteiger partial charge in [0.1, 0.15) is 11.9 Å². The predicted molar refractivity (Wildman–Crippen MR) is 97.0 cm³/mol. The Labute approximate surface area is 151 Å². The average molecular weight is 351 g/mol. The van der Waals surface area contributed by atoms with Gasteiger partial charge in [-0.1, -0.05) is 23.4 Å². The van der Waals surface area contributed by atoms with Gasteiger partial charge in [0, 0.05) is 30.0 Å². The number of carbonyl (C=O) groups excluding carboxylic acids is 1. The van der Waals surface area contributed by atoms with E-state index in [1.54, 1.807) is 0 Å². The van der Waals surface area contributed by atoms with Crippen LogP contribution in [0.3, 0.4) is 0 Å². The summed E-state index contributed by atoms with van der Waals surface area (Å²) in [4.78, 5) is 19.0. The molecule has 1 saturated heterocycles. The largest absolute Gasteiger partial charge is 0.472 e. The maximum Gasteiger partial charge on any atom is 0.227 e. The van der Waals surface area contributed by atoms with Crippen LogP contribution in [-0.2, 0) is 11.2 Å². The van der Waals surface area contributed by atoms with Crippen LogP contribution in [0.15, 0.2) is 40.9 Å². The second-order valence-electron chi connectivity index (χ2n) is 6.69. The topological polar surface area (TPSA) is 68.5 Å². The third kappa shape index (κ3) is 3.27. The fourth-order valence-electron chi connectivity index (χ4n) is 3.35. The van der Waals surface area contributed by atoms with Gasteiger partial charge in [-0.25, -0.2) is 4.98 Å². The minimum Gasteiger partial charge on any atom is -0.472 e. The van der Waals surface area contributed by atoms with Crippen LogP contribution in [0.2, 0.25) is 0 Å². The van der Waals surface area contributed by atoms with Crippen molar-refractivity contribution >= 4 is 16.8 Å². The number of fused-ring (bicyclic) bond motifs is 1.